The second-order valence-electron chi connectivity index (χ2n) is 6.48. The van der Waals surface area contributed by atoms with E-state index in [1.807, 2.05) is 44.2 Å². The number of rotatable bonds is 7. The highest BCUT2D eigenvalue weighted by Gasteiger charge is 2.28. The molecule has 0 saturated heterocycles. The van der Waals surface area contributed by atoms with Crippen molar-refractivity contribution in [1.29, 1.82) is 0 Å². The van der Waals surface area contributed by atoms with Crippen molar-refractivity contribution in [2.24, 2.45) is 11.0 Å². The summed E-state index contributed by atoms with van der Waals surface area (Å²) in [6, 6.07) is 8.40. The minimum atomic E-state index is -1.07. The molecule has 25 heavy (non-hydrogen) atoms. The Hall–Kier alpha value is -2.70. The van der Waals surface area contributed by atoms with Crippen LogP contribution in [0.4, 0.5) is 0 Å². The summed E-state index contributed by atoms with van der Waals surface area (Å²) in [6.45, 7) is 4.06. The van der Waals surface area contributed by atoms with Gasteiger partial charge in [0, 0.05) is 12.8 Å². The topological polar surface area (TPSA) is 99.1 Å². The van der Waals surface area contributed by atoms with Gasteiger partial charge < -0.3 is 10.4 Å². The van der Waals surface area contributed by atoms with Crippen molar-refractivity contribution in [3.8, 4) is 0 Å². The molecule has 0 saturated carbocycles. The summed E-state index contributed by atoms with van der Waals surface area (Å²) in [5, 5.41) is 17.2. The first-order chi connectivity index (χ1) is 11.9. The number of benzene rings is 1. The molecular formula is C18H23N3O4. The van der Waals surface area contributed by atoms with Crippen LogP contribution in [-0.2, 0) is 20.9 Å². The van der Waals surface area contributed by atoms with Crippen molar-refractivity contribution in [2.45, 2.75) is 45.7 Å². The largest absolute Gasteiger partial charge is 0.480 e. The van der Waals surface area contributed by atoms with Gasteiger partial charge in [0.05, 0.1) is 6.54 Å². The lowest BCUT2D eigenvalue weighted by Crippen LogP contribution is -2.46. The van der Waals surface area contributed by atoms with Gasteiger partial charge in [-0.2, -0.15) is 5.10 Å². The van der Waals surface area contributed by atoms with E-state index < -0.39 is 17.9 Å². The van der Waals surface area contributed by atoms with Crippen molar-refractivity contribution in [3.05, 3.63) is 35.9 Å². The zero-order chi connectivity index (χ0) is 18.4. The molecule has 0 spiro atoms. The number of hydrogen-bond donors (Lipinski definition) is 2. The van der Waals surface area contributed by atoms with Gasteiger partial charge in [-0.15, -0.1) is 0 Å². The zero-order valence-corrected chi connectivity index (χ0v) is 14.4. The highest BCUT2D eigenvalue weighted by atomic mass is 16.4. The van der Waals surface area contributed by atoms with Crippen LogP contribution in [0.1, 0.15) is 38.7 Å². The highest BCUT2D eigenvalue weighted by molar-refractivity contribution is 6.39. The minimum Gasteiger partial charge on any atom is -0.480 e. The number of carboxylic acids is 1. The molecule has 7 heteroatoms. The number of nitrogens with zero attached hydrogens (tertiary/aromatic N) is 2. The molecular weight excluding hydrogens is 322 g/mol. The van der Waals surface area contributed by atoms with Gasteiger partial charge in [-0.05, 0) is 17.9 Å². The Morgan fingerprint density at radius 2 is 1.92 bits per heavy atom. The predicted molar refractivity (Wildman–Crippen MR) is 92.7 cm³/mol. The monoisotopic (exact) mass is 345 g/mol. The van der Waals surface area contributed by atoms with E-state index in [4.69, 9.17) is 0 Å². The molecule has 1 aromatic rings. The molecule has 1 aliphatic rings. The van der Waals surface area contributed by atoms with Crippen LogP contribution in [0.5, 0.6) is 0 Å². The number of carboxylic acid groups (broad SMARTS) is 1. The number of nitrogens with one attached hydrogen (secondary N) is 1. The Morgan fingerprint density at radius 1 is 1.24 bits per heavy atom. The lowest BCUT2D eigenvalue weighted by Gasteiger charge is -2.24. The van der Waals surface area contributed by atoms with E-state index in [0.29, 0.717) is 6.42 Å². The van der Waals surface area contributed by atoms with E-state index in [0.717, 1.165) is 5.56 Å². The van der Waals surface area contributed by atoms with Crippen LogP contribution in [0.3, 0.4) is 0 Å². The maximum atomic E-state index is 12.4. The number of hydrazone groups is 1. The second-order valence-corrected chi connectivity index (χ2v) is 6.48. The van der Waals surface area contributed by atoms with E-state index in [-0.39, 0.29) is 36.9 Å². The summed E-state index contributed by atoms with van der Waals surface area (Å²) >= 11 is 0. The molecule has 2 N–H and O–H groups in total. The van der Waals surface area contributed by atoms with E-state index >= 15 is 0 Å². The van der Waals surface area contributed by atoms with Crippen LogP contribution in [0, 0.1) is 5.92 Å². The molecule has 7 nitrogen and oxygen atoms in total. The number of carbonyl (C=O) groups excluding carboxylic acids is 2. The summed E-state index contributed by atoms with van der Waals surface area (Å²) in [5.74, 6) is -1.63. The van der Waals surface area contributed by atoms with Crippen molar-refractivity contribution in [2.75, 3.05) is 0 Å². The average Bonchev–Trinajstić information content (AvgIpc) is 2.56. The highest BCUT2D eigenvalue weighted by Crippen LogP contribution is 2.14. The Labute approximate surface area is 146 Å². The van der Waals surface area contributed by atoms with Gasteiger partial charge in [-0.3, -0.25) is 9.59 Å². The number of amides is 2. The molecule has 1 aliphatic heterocycles. The van der Waals surface area contributed by atoms with E-state index in [1.165, 1.54) is 5.01 Å². The summed E-state index contributed by atoms with van der Waals surface area (Å²) in [7, 11) is 0. The third kappa shape index (κ3) is 5.41. The molecule has 0 aliphatic carbocycles. The Balaban J connectivity index is 2.08. The fourth-order valence-corrected chi connectivity index (χ4v) is 2.58. The Kier molecular flexibility index (Phi) is 6.27. The Morgan fingerprint density at radius 3 is 2.52 bits per heavy atom. The first-order valence-electron chi connectivity index (χ1n) is 8.32. The van der Waals surface area contributed by atoms with E-state index in [1.54, 1.807) is 0 Å². The fraction of sp³-hybridized carbons (Fsp3) is 0.444. The maximum Gasteiger partial charge on any atom is 0.326 e. The van der Waals surface area contributed by atoms with Crippen LogP contribution in [0.2, 0.25) is 0 Å². The Bertz CT molecular complexity index is 670. The van der Waals surface area contributed by atoms with Crippen LogP contribution in [0.25, 0.3) is 0 Å². The smallest absolute Gasteiger partial charge is 0.326 e. The third-order valence-electron chi connectivity index (χ3n) is 3.85. The number of carbonyl (C=O) groups is 3. The third-order valence-corrected chi connectivity index (χ3v) is 3.85. The van der Waals surface area contributed by atoms with Crippen LogP contribution < -0.4 is 5.32 Å². The molecule has 2 rings (SSSR count). The number of hydrogen-bond acceptors (Lipinski definition) is 4. The minimum absolute atomic E-state index is 0.130. The van der Waals surface area contributed by atoms with Crippen molar-refractivity contribution in [1.82, 2.24) is 10.3 Å². The lowest BCUT2D eigenvalue weighted by molar-refractivity contribution is -0.141. The molecule has 0 radical (unpaired) electrons. The van der Waals surface area contributed by atoms with Gasteiger partial charge in [0.1, 0.15) is 11.8 Å². The van der Waals surface area contributed by atoms with Gasteiger partial charge in [0.25, 0.3) is 5.91 Å². The summed E-state index contributed by atoms with van der Waals surface area (Å²) in [6.07, 6.45) is 0.728. The van der Waals surface area contributed by atoms with Crippen molar-refractivity contribution >= 4 is 23.5 Å². The normalized spacial score (nSPS) is 15.7. The fourth-order valence-electron chi connectivity index (χ4n) is 2.58. The summed E-state index contributed by atoms with van der Waals surface area (Å²) in [5.41, 5.74) is 1.09. The van der Waals surface area contributed by atoms with Crippen LogP contribution >= 0.6 is 0 Å². The number of aliphatic carboxylic acids is 1. The van der Waals surface area contributed by atoms with Crippen LogP contribution in [0.15, 0.2) is 35.4 Å². The van der Waals surface area contributed by atoms with Gasteiger partial charge in [0.15, 0.2) is 0 Å². The average molecular weight is 345 g/mol. The lowest BCUT2D eigenvalue weighted by atomic mass is 10.0. The second kappa shape index (κ2) is 8.41. The molecule has 1 atom stereocenters. The quantitative estimate of drug-likeness (QED) is 0.787. The molecule has 1 aromatic carbocycles. The van der Waals surface area contributed by atoms with E-state index in [2.05, 4.69) is 10.4 Å². The molecule has 0 bridgehead atoms. The summed E-state index contributed by atoms with van der Waals surface area (Å²) < 4.78 is 0. The van der Waals surface area contributed by atoms with Crippen molar-refractivity contribution in [3.63, 3.8) is 0 Å². The van der Waals surface area contributed by atoms with Crippen molar-refractivity contribution < 1.29 is 19.5 Å². The van der Waals surface area contributed by atoms with Gasteiger partial charge in [0.2, 0.25) is 5.91 Å². The molecule has 0 fully saturated rings. The first kappa shape index (κ1) is 18.6. The SMILES string of the molecule is CC(C)C[C@@H](NC(=O)C1=NN(Cc2ccccc2)C(=O)CC1)C(=O)O. The van der Waals surface area contributed by atoms with Gasteiger partial charge in [-0.1, -0.05) is 44.2 Å². The molecule has 0 unspecified atom stereocenters. The zero-order valence-electron chi connectivity index (χ0n) is 14.4. The summed E-state index contributed by atoms with van der Waals surface area (Å²) in [4.78, 5) is 35.7. The molecule has 134 valence electrons. The molecule has 1 heterocycles. The maximum absolute atomic E-state index is 12.4. The van der Waals surface area contributed by atoms with Crippen LogP contribution in [-0.4, -0.2) is 39.7 Å². The van der Waals surface area contributed by atoms with Gasteiger partial charge >= 0.3 is 5.97 Å². The van der Waals surface area contributed by atoms with E-state index in [9.17, 15) is 19.5 Å². The predicted octanol–water partition coefficient (Wildman–Crippen LogP) is 1.78. The molecule has 0 aromatic heterocycles. The molecule has 2 amide bonds. The first-order valence-corrected chi connectivity index (χ1v) is 8.32. The standard InChI is InChI=1S/C18H23N3O4/c1-12(2)10-15(18(24)25)19-17(23)14-8-9-16(22)21(20-14)11-13-6-4-3-5-7-13/h3-7,12,15H,8-11H2,1-2H3,(H,19,23)(H,24,25)/t15-/m1/s1. The van der Waals surface area contributed by atoms with Gasteiger partial charge in [-0.25, -0.2) is 9.80 Å².